The summed E-state index contributed by atoms with van der Waals surface area (Å²) in [6.45, 7) is 2.61. The minimum absolute atomic E-state index is 0.0845. The van der Waals surface area contributed by atoms with Gasteiger partial charge in [0.15, 0.2) is 0 Å². The highest BCUT2D eigenvalue weighted by molar-refractivity contribution is 9.10. The number of hydrogen-bond donors (Lipinski definition) is 0. The molecule has 0 N–H and O–H groups in total. The van der Waals surface area contributed by atoms with Crippen LogP contribution in [0, 0.1) is 0 Å². The van der Waals surface area contributed by atoms with E-state index in [4.69, 9.17) is 4.74 Å². The largest absolute Gasteiger partial charge is 0.496 e. The van der Waals surface area contributed by atoms with Crippen LogP contribution in [-0.4, -0.2) is 22.7 Å². The van der Waals surface area contributed by atoms with Crippen molar-refractivity contribution in [1.29, 1.82) is 0 Å². The Kier molecular flexibility index (Phi) is 3.81. The first kappa shape index (κ1) is 12.8. The van der Waals surface area contributed by atoms with E-state index in [1.54, 1.807) is 36.2 Å². The molecule has 18 heavy (non-hydrogen) atoms. The predicted octanol–water partition coefficient (Wildman–Crippen LogP) is 2.91. The number of nitrogens with zero attached hydrogens (tertiary/aromatic N) is 2. The Morgan fingerprint density at radius 2 is 2.22 bits per heavy atom. The molecule has 2 aromatic rings. The number of methoxy groups -OCH3 is 1. The van der Waals surface area contributed by atoms with Crippen molar-refractivity contribution in [3.63, 3.8) is 0 Å². The molecule has 0 amide bonds. The van der Waals surface area contributed by atoms with E-state index in [9.17, 15) is 4.79 Å². The first-order chi connectivity index (χ1) is 8.67. The molecule has 0 aliphatic rings. The van der Waals surface area contributed by atoms with Gasteiger partial charge in [-0.1, -0.05) is 15.9 Å². The summed E-state index contributed by atoms with van der Waals surface area (Å²) in [5, 5.41) is 4.10. The Morgan fingerprint density at radius 1 is 1.44 bits per heavy atom. The van der Waals surface area contributed by atoms with Crippen LogP contribution in [0.3, 0.4) is 0 Å². The molecule has 0 aliphatic heterocycles. The number of hydrogen-bond acceptors (Lipinski definition) is 3. The van der Waals surface area contributed by atoms with Crippen molar-refractivity contribution in [2.75, 3.05) is 7.11 Å². The van der Waals surface area contributed by atoms with Crippen LogP contribution >= 0.6 is 15.9 Å². The molecule has 0 spiro atoms. The molecule has 5 heteroatoms. The summed E-state index contributed by atoms with van der Waals surface area (Å²) in [6.07, 6.45) is 1.63. The van der Waals surface area contributed by atoms with Crippen molar-refractivity contribution in [2.45, 2.75) is 13.5 Å². The molecule has 0 saturated carbocycles. The molecule has 0 fully saturated rings. The lowest BCUT2D eigenvalue weighted by atomic mass is 10.1. The van der Waals surface area contributed by atoms with Crippen LogP contribution in [0.5, 0.6) is 5.75 Å². The Morgan fingerprint density at radius 3 is 2.89 bits per heavy atom. The third-order valence-corrected chi connectivity index (χ3v) is 3.15. The van der Waals surface area contributed by atoms with Gasteiger partial charge in [-0.15, -0.1) is 0 Å². The van der Waals surface area contributed by atoms with E-state index < -0.39 is 0 Å². The van der Waals surface area contributed by atoms with E-state index in [-0.39, 0.29) is 5.78 Å². The maximum absolute atomic E-state index is 12.4. The number of aryl methyl sites for hydroxylation is 1. The van der Waals surface area contributed by atoms with Gasteiger partial charge in [-0.3, -0.25) is 9.48 Å². The number of rotatable bonds is 4. The standard InChI is InChI=1S/C13H13BrN2O2/c1-3-16-11(6-7-15-16)13(17)10-5-4-9(14)8-12(10)18-2/h4-8H,3H2,1-2H3. The maximum atomic E-state index is 12.4. The number of benzene rings is 1. The molecule has 1 aromatic heterocycles. The number of ketones is 1. The average Bonchev–Trinajstić information content (AvgIpc) is 2.86. The second kappa shape index (κ2) is 5.35. The van der Waals surface area contributed by atoms with E-state index in [1.165, 1.54) is 0 Å². The highest BCUT2D eigenvalue weighted by Crippen LogP contribution is 2.25. The van der Waals surface area contributed by atoms with Crippen LogP contribution in [-0.2, 0) is 6.54 Å². The molecular weight excluding hydrogens is 296 g/mol. The molecule has 1 heterocycles. The monoisotopic (exact) mass is 308 g/mol. The van der Waals surface area contributed by atoms with Gasteiger partial charge >= 0.3 is 0 Å². The number of carbonyl (C=O) groups is 1. The van der Waals surface area contributed by atoms with Gasteiger partial charge in [0.05, 0.1) is 12.7 Å². The zero-order valence-electron chi connectivity index (χ0n) is 10.2. The Balaban J connectivity index is 2.46. The van der Waals surface area contributed by atoms with E-state index in [0.717, 1.165) is 4.47 Å². The SMILES string of the molecule is CCn1nccc1C(=O)c1ccc(Br)cc1OC. The van der Waals surface area contributed by atoms with Crippen LogP contribution in [0.15, 0.2) is 34.9 Å². The Hall–Kier alpha value is -1.62. The zero-order chi connectivity index (χ0) is 13.1. The van der Waals surface area contributed by atoms with Gasteiger partial charge in [-0.25, -0.2) is 0 Å². The lowest BCUT2D eigenvalue weighted by Gasteiger charge is -2.09. The summed E-state index contributed by atoms with van der Waals surface area (Å²) >= 11 is 3.35. The first-order valence-electron chi connectivity index (χ1n) is 5.57. The van der Waals surface area contributed by atoms with E-state index in [0.29, 0.717) is 23.6 Å². The van der Waals surface area contributed by atoms with Crippen molar-refractivity contribution < 1.29 is 9.53 Å². The van der Waals surface area contributed by atoms with Crippen LogP contribution in [0.1, 0.15) is 23.0 Å². The normalized spacial score (nSPS) is 10.4. The molecule has 0 saturated heterocycles. The van der Waals surface area contributed by atoms with Gasteiger partial charge < -0.3 is 4.74 Å². The molecule has 1 aromatic carbocycles. The zero-order valence-corrected chi connectivity index (χ0v) is 11.8. The lowest BCUT2D eigenvalue weighted by Crippen LogP contribution is -2.11. The lowest BCUT2D eigenvalue weighted by molar-refractivity contribution is 0.102. The topological polar surface area (TPSA) is 44.1 Å². The smallest absolute Gasteiger partial charge is 0.214 e. The molecule has 2 rings (SSSR count). The van der Waals surface area contributed by atoms with Gasteiger partial charge in [0, 0.05) is 17.2 Å². The summed E-state index contributed by atoms with van der Waals surface area (Å²) in [5.74, 6) is 0.469. The summed E-state index contributed by atoms with van der Waals surface area (Å²) < 4.78 is 7.78. The third-order valence-electron chi connectivity index (χ3n) is 2.66. The fourth-order valence-electron chi connectivity index (χ4n) is 1.77. The average molecular weight is 309 g/mol. The Bertz CT molecular complexity index is 578. The number of halogens is 1. The summed E-state index contributed by atoms with van der Waals surface area (Å²) in [7, 11) is 1.55. The molecule has 4 nitrogen and oxygen atoms in total. The molecular formula is C13H13BrN2O2. The summed E-state index contributed by atoms with van der Waals surface area (Å²) in [4.78, 5) is 12.4. The molecule has 0 bridgehead atoms. The van der Waals surface area contributed by atoms with Crippen LogP contribution < -0.4 is 4.74 Å². The van der Waals surface area contributed by atoms with E-state index in [1.807, 2.05) is 13.0 Å². The molecule has 0 unspecified atom stereocenters. The molecule has 0 radical (unpaired) electrons. The number of ether oxygens (including phenoxy) is 1. The fourth-order valence-corrected chi connectivity index (χ4v) is 2.11. The van der Waals surface area contributed by atoms with Crippen LogP contribution in [0.4, 0.5) is 0 Å². The number of aromatic nitrogens is 2. The Labute approximate surface area is 114 Å². The molecule has 0 aliphatic carbocycles. The van der Waals surface area contributed by atoms with Crippen molar-refractivity contribution in [2.24, 2.45) is 0 Å². The maximum Gasteiger partial charge on any atom is 0.214 e. The summed E-state index contributed by atoms with van der Waals surface area (Å²) in [6, 6.07) is 7.06. The summed E-state index contributed by atoms with van der Waals surface area (Å²) in [5.41, 5.74) is 1.11. The van der Waals surface area contributed by atoms with Crippen molar-refractivity contribution in [3.8, 4) is 5.75 Å². The minimum atomic E-state index is -0.0845. The van der Waals surface area contributed by atoms with Gasteiger partial charge in [-0.05, 0) is 31.2 Å². The van der Waals surface area contributed by atoms with Crippen molar-refractivity contribution >= 4 is 21.7 Å². The predicted molar refractivity (Wildman–Crippen MR) is 72.0 cm³/mol. The van der Waals surface area contributed by atoms with Gasteiger partial charge in [0.25, 0.3) is 0 Å². The minimum Gasteiger partial charge on any atom is -0.496 e. The fraction of sp³-hybridized carbons (Fsp3) is 0.231. The van der Waals surface area contributed by atoms with Crippen LogP contribution in [0.25, 0.3) is 0 Å². The number of carbonyl (C=O) groups excluding carboxylic acids is 1. The molecule has 94 valence electrons. The quantitative estimate of drug-likeness (QED) is 0.816. The van der Waals surface area contributed by atoms with Crippen molar-refractivity contribution in [3.05, 3.63) is 46.2 Å². The highest BCUT2D eigenvalue weighted by atomic mass is 79.9. The highest BCUT2D eigenvalue weighted by Gasteiger charge is 2.18. The first-order valence-corrected chi connectivity index (χ1v) is 6.36. The van der Waals surface area contributed by atoms with E-state index in [2.05, 4.69) is 21.0 Å². The molecule has 0 atom stereocenters. The van der Waals surface area contributed by atoms with Gasteiger partial charge in [0.1, 0.15) is 11.4 Å². The van der Waals surface area contributed by atoms with E-state index >= 15 is 0 Å². The van der Waals surface area contributed by atoms with Gasteiger partial charge in [0.2, 0.25) is 5.78 Å². The van der Waals surface area contributed by atoms with Gasteiger partial charge in [-0.2, -0.15) is 5.10 Å². The third kappa shape index (κ3) is 2.31. The van der Waals surface area contributed by atoms with Crippen molar-refractivity contribution in [1.82, 2.24) is 9.78 Å². The second-order valence-electron chi connectivity index (χ2n) is 3.71. The van der Waals surface area contributed by atoms with Crippen LogP contribution in [0.2, 0.25) is 0 Å². The second-order valence-corrected chi connectivity index (χ2v) is 4.62.